The summed E-state index contributed by atoms with van der Waals surface area (Å²) in [5, 5.41) is 2.97. The highest BCUT2D eigenvalue weighted by Gasteiger charge is 2.19. The Morgan fingerprint density at radius 3 is 3.05 bits per heavy atom. The van der Waals surface area contributed by atoms with Crippen molar-refractivity contribution in [1.82, 2.24) is 5.32 Å². The topological polar surface area (TPSA) is 51.5 Å². The monoisotopic (exact) mass is 361 g/mol. The Labute approximate surface area is 137 Å². The van der Waals surface area contributed by atoms with Crippen molar-refractivity contribution < 1.29 is 13.9 Å². The van der Waals surface area contributed by atoms with Crippen LogP contribution in [0.25, 0.3) is 6.08 Å². The number of carbonyl (C=O) groups is 1. The number of benzene rings is 1. The average molecular weight is 362 g/mol. The first-order valence-corrected chi connectivity index (χ1v) is 7.87. The summed E-state index contributed by atoms with van der Waals surface area (Å²) in [5.41, 5.74) is 1.53. The number of hydrogen-bond acceptors (Lipinski definition) is 3. The van der Waals surface area contributed by atoms with Gasteiger partial charge in [-0.25, -0.2) is 0 Å². The molecule has 1 aliphatic heterocycles. The number of hydrogen-bond donors (Lipinski definition) is 1. The molecule has 1 aromatic heterocycles. The largest absolute Gasteiger partial charge is 0.488 e. The number of nitrogens with one attached hydrogen (secondary N) is 1. The van der Waals surface area contributed by atoms with E-state index in [1.165, 1.54) is 0 Å². The van der Waals surface area contributed by atoms with Gasteiger partial charge in [0.25, 0.3) is 5.91 Å². The molecule has 1 amide bonds. The number of halogens is 1. The maximum Gasteiger partial charge on any atom is 0.250 e. The summed E-state index contributed by atoms with van der Waals surface area (Å²) in [5.74, 6) is 1.55. The Morgan fingerprint density at radius 2 is 2.27 bits per heavy atom. The van der Waals surface area contributed by atoms with Gasteiger partial charge in [-0.05, 0) is 43.3 Å². The van der Waals surface area contributed by atoms with Crippen LogP contribution in [0.5, 0.6) is 5.75 Å². The summed E-state index contributed by atoms with van der Waals surface area (Å²) in [6.07, 6.45) is 4.17. The second kappa shape index (κ2) is 6.40. The van der Waals surface area contributed by atoms with E-state index in [4.69, 9.17) is 9.15 Å². The Balaban J connectivity index is 1.67. The minimum absolute atomic E-state index is 0.0107. The van der Waals surface area contributed by atoms with Crippen LogP contribution >= 0.6 is 15.9 Å². The molecule has 0 radical (unpaired) electrons. The maximum atomic E-state index is 12.3. The third-order valence-electron chi connectivity index (χ3n) is 3.44. The van der Waals surface area contributed by atoms with Gasteiger partial charge in [0.05, 0.1) is 11.8 Å². The van der Waals surface area contributed by atoms with E-state index in [1.807, 2.05) is 43.3 Å². The van der Waals surface area contributed by atoms with E-state index in [-0.39, 0.29) is 18.6 Å². The summed E-state index contributed by atoms with van der Waals surface area (Å²) in [4.78, 5) is 12.3. The lowest BCUT2D eigenvalue weighted by Gasteiger charge is -2.19. The molecule has 1 N–H and O–H groups in total. The molecule has 0 fully saturated rings. The van der Waals surface area contributed by atoms with Crippen LogP contribution in [-0.4, -0.2) is 18.6 Å². The van der Waals surface area contributed by atoms with Gasteiger partial charge in [0.1, 0.15) is 18.1 Å². The second-order valence-corrected chi connectivity index (χ2v) is 6.21. The SMILES string of the molecule is C[C@H](Cc1ccco1)NC(=O)C1=Cc2cc(Br)ccc2OC1. The van der Waals surface area contributed by atoms with Gasteiger partial charge in [0.15, 0.2) is 0 Å². The molecule has 4 nitrogen and oxygen atoms in total. The van der Waals surface area contributed by atoms with Crippen molar-refractivity contribution in [3.8, 4) is 5.75 Å². The molecular formula is C17H16BrNO3. The molecule has 0 aliphatic carbocycles. The molecule has 3 rings (SSSR count). The highest BCUT2D eigenvalue weighted by Crippen LogP contribution is 2.29. The van der Waals surface area contributed by atoms with Crippen molar-refractivity contribution in [2.45, 2.75) is 19.4 Å². The van der Waals surface area contributed by atoms with Crippen molar-refractivity contribution >= 4 is 27.9 Å². The minimum Gasteiger partial charge on any atom is -0.488 e. The summed E-state index contributed by atoms with van der Waals surface area (Å²) >= 11 is 3.43. The predicted octanol–water partition coefficient (Wildman–Crippen LogP) is 3.57. The third-order valence-corrected chi connectivity index (χ3v) is 3.93. The zero-order valence-corrected chi connectivity index (χ0v) is 13.7. The van der Waals surface area contributed by atoms with Crippen molar-refractivity contribution in [1.29, 1.82) is 0 Å². The fraction of sp³-hybridized carbons (Fsp3) is 0.235. The van der Waals surface area contributed by atoms with Gasteiger partial charge in [0.2, 0.25) is 0 Å². The van der Waals surface area contributed by atoms with E-state index in [1.54, 1.807) is 6.26 Å². The van der Waals surface area contributed by atoms with Crippen LogP contribution in [0.3, 0.4) is 0 Å². The maximum absolute atomic E-state index is 12.3. The molecule has 0 saturated heterocycles. The number of ether oxygens (including phenoxy) is 1. The van der Waals surface area contributed by atoms with Crippen LogP contribution in [0.1, 0.15) is 18.2 Å². The lowest BCUT2D eigenvalue weighted by molar-refractivity contribution is -0.118. The lowest BCUT2D eigenvalue weighted by atomic mass is 10.1. The summed E-state index contributed by atoms with van der Waals surface area (Å²) in [6, 6.07) is 9.49. The molecule has 5 heteroatoms. The molecule has 2 heterocycles. The van der Waals surface area contributed by atoms with E-state index in [0.29, 0.717) is 12.0 Å². The first kappa shape index (κ1) is 14.9. The number of carbonyl (C=O) groups excluding carboxylic acids is 1. The highest BCUT2D eigenvalue weighted by molar-refractivity contribution is 9.10. The van der Waals surface area contributed by atoms with Gasteiger partial charge in [-0.2, -0.15) is 0 Å². The number of amides is 1. The van der Waals surface area contributed by atoms with E-state index in [0.717, 1.165) is 21.5 Å². The molecule has 1 atom stereocenters. The third kappa shape index (κ3) is 3.42. The van der Waals surface area contributed by atoms with Crippen LogP contribution in [0.2, 0.25) is 0 Å². The fourth-order valence-corrected chi connectivity index (χ4v) is 2.76. The zero-order chi connectivity index (χ0) is 15.5. The molecule has 114 valence electrons. The second-order valence-electron chi connectivity index (χ2n) is 5.30. The number of fused-ring (bicyclic) bond motifs is 1. The van der Waals surface area contributed by atoms with Gasteiger partial charge in [-0.15, -0.1) is 0 Å². The molecular weight excluding hydrogens is 346 g/mol. The summed E-state index contributed by atoms with van der Waals surface area (Å²) in [6.45, 7) is 2.24. The van der Waals surface area contributed by atoms with Crippen LogP contribution in [-0.2, 0) is 11.2 Å². The minimum atomic E-state index is -0.107. The number of rotatable bonds is 4. The van der Waals surface area contributed by atoms with Crippen LogP contribution in [0.4, 0.5) is 0 Å². The van der Waals surface area contributed by atoms with Crippen molar-refractivity contribution in [3.63, 3.8) is 0 Å². The molecule has 0 bridgehead atoms. The normalized spacial score (nSPS) is 14.5. The smallest absolute Gasteiger partial charge is 0.250 e. The first-order chi connectivity index (χ1) is 10.6. The van der Waals surface area contributed by atoms with Gasteiger partial charge in [0, 0.05) is 22.5 Å². The molecule has 2 aromatic rings. The van der Waals surface area contributed by atoms with E-state index in [9.17, 15) is 4.79 Å². The molecule has 0 unspecified atom stereocenters. The Bertz CT molecular complexity index is 707. The first-order valence-electron chi connectivity index (χ1n) is 7.08. The molecule has 1 aliphatic rings. The van der Waals surface area contributed by atoms with Gasteiger partial charge < -0.3 is 14.5 Å². The zero-order valence-electron chi connectivity index (χ0n) is 12.1. The Morgan fingerprint density at radius 1 is 1.41 bits per heavy atom. The van der Waals surface area contributed by atoms with Crippen LogP contribution < -0.4 is 10.1 Å². The van der Waals surface area contributed by atoms with Gasteiger partial charge in [-0.3, -0.25) is 4.79 Å². The predicted molar refractivity (Wildman–Crippen MR) is 87.6 cm³/mol. The van der Waals surface area contributed by atoms with Crippen molar-refractivity contribution in [2.75, 3.05) is 6.61 Å². The molecule has 0 spiro atoms. The fourth-order valence-electron chi connectivity index (χ4n) is 2.38. The molecule has 0 saturated carbocycles. The van der Waals surface area contributed by atoms with Crippen LogP contribution in [0, 0.1) is 0 Å². The highest BCUT2D eigenvalue weighted by atomic mass is 79.9. The standard InChI is InChI=1S/C17H16BrNO3/c1-11(7-15-3-2-6-21-15)19-17(20)13-8-12-9-14(18)4-5-16(12)22-10-13/h2-6,8-9,11H,7,10H2,1H3,(H,19,20)/t11-/m1/s1. The van der Waals surface area contributed by atoms with Gasteiger partial charge >= 0.3 is 0 Å². The molecule has 1 aromatic carbocycles. The Hall–Kier alpha value is -2.01. The van der Waals surface area contributed by atoms with E-state index >= 15 is 0 Å². The van der Waals surface area contributed by atoms with E-state index < -0.39 is 0 Å². The van der Waals surface area contributed by atoms with Crippen molar-refractivity contribution in [3.05, 3.63) is 58.0 Å². The molecule has 22 heavy (non-hydrogen) atoms. The van der Waals surface area contributed by atoms with Crippen LogP contribution in [0.15, 0.2) is 51.1 Å². The lowest BCUT2D eigenvalue weighted by Crippen LogP contribution is -2.36. The Kier molecular flexibility index (Phi) is 4.34. The number of furan rings is 1. The van der Waals surface area contributed by atoms with E-state index in [2.05, 4.69) is 21.2 Å². The quantitative estimate of drug-likeness (QED) is 0.905. The average Bonchev–Trinajstić information content (AvgIpc) is 2.99. The van der Waals surface area contributed by atoms with Gasteiger partial charge in [-0.1, -0.05) is 15.9 Å². The summed E-state index contributed by atoms with van der Waals surface area (Å²) in [7, 11) is 0. The van der Waals surface area contributed by atoms with Crippen molar-refractivity contribution in [2.24, 2.45) is 0 Å². The summed E-state index contributed by atoms with van der Waals surface area (Å²) < 4.78 is 11.9.